The summed E-state index contributed by atoms with van der Waals surface area (Å²) in [7, 11) is 1.66. The standard InChI is InChI=1S/C21H22N2O2S2/c1-4-26-17-8-5-15(6-9-17)12-20(24)23-21-22-18(13-27-21)16-7-10-19(25-3)14(2)11-16/h5-11,13H,4,12H2,1-3H3,(H,22,23,24). The number of aryl methyl sites for hydroxylation is 1. The Bertz CT molecular complexity index is 920. The molecule has 0 saturated carbocycles. The van der Waals surface area contributed by atoms with Gasteiger partial charge in [0.1, 0.15) is 5.75 Å². The van der Waals surface area contributed by atoms with Gasteiger partial charge in [-0.1, -0.05) is 19.1 Å². The summed E-state index contributed by atoms with van der Waals surface area (Å²) in [6.07, 6.45) is 0.341. The lowest BCUT2D eigenvalue weighted by molar-refractivity contribution is -0.115. The molecule has 27 heavy (non-hydrogen) atoms. The fraction of sp³-hybridized carbons (Fsp3) is 0.238. The van der Waals surface area contributed by atoms with Gasteiger partial charge in [-0.25, -0.2) is 4.98 Å². The van der Waals surface area contributed by atoms with Gasteiger partial charge in [0, 0.05) is 15.8 Å². The van der Waals surface area contributed by atoms with E-state index in [0.29, 0.717) is 11.6 Å². The maximum atomic E-state index is 12.3. The van der Waals surface area contributed by atoms with E-state index >= 15 is 0 Å². The van der Waals surface area contributed by atoms with Crippen LogP contribution in [-0.2, 0) is 11.2 Å². The molecule has 6 heteroatoms. The summed E-state index contributed by atoms with van der Waals surface area (Å²) in [5.74, 6) is 1.84. The monoisotopic (exact) mass is 398 g/mol. The SMILES string of the molecule is CCSc1ccc(CC(=O)Nc2nc(-c3ccc(OC)c(C)c3)cs2)cc1. The fourth-order valence-electron chi connectivity index (χ4n) is 2.72. The minimum absolute atomic E-state index is 0.0577. The molecular weight excluding hydrogens is 376 g/mol. The predicted octanol–water partition coefficient (Wildman–Crippen LogP) is 5.42. The van der Waals surface area contributed by atoms with Gasteiger partial charge >= 0.3 is 0 Å². The molecule has 0 aliphatic carbocycles. The van der Waals surface area contributed by atoms with Gasteiger partial charge in [-0.2, -0.15) is 0 Å². The number of benzene rings is 2. The number of thiazole rings is 1. The van der Waals surface area contributed by atoms with Crippen molar-refractivity contribution in [3.8, 4) is 17.0 Å². The summed E-state index contributed by atoms with van der Waals surface area (Å²) in [6, 6.07) is 14.1. The van der Waals surface area contributed by atoms with Crippen LogP contribution in [0.2, 0.25) is 0 Å². The molecule has 2 aromatic carbocycles. The highest BCUT2D eigenvalue weighted by atomic mass is 32.2. The average molecular weight is 399 g/mol. The summed E-state index contributed by atoms with van der Waals surface area (Å²) in [6.45, 7) is 4.13. The first-order valence-electron chi connectivity index (χ1n) is 8.71. The number of aromatic nitrogens is 1. The fourth-order valence-corrected chi connectivity index (χ4v) is 4.12. The molecule has 1 amide bonds. The normalized spacial score (nSPS) is 10.6. The zero-order valence-corrected chi connectivity index (χ0v) is 17.2. The van der Waals surface area contributed by atoms with Crippen molar-refractivity contribution in [1.29, 1.82) is 0 Å². The Morgan fingerprint density at radius 1 is 1.22 bits per heavy atom. The number of amides is 1. The van der Waals surface area contributed by atoms with E-state index < -0.39 is 0 Å². The van der Waals surface area contributed by atoms with Crippen molar-refractivity contribution < 1.29 is 9.53 Å². The average Bonchev–Trinajstić information content (AvgIpc) is 3.12. The Kier molecular flexibility index (Phi) is 6.53. The minimum atomic E-state index is -0.0577. The van der Waals surface area contributed by atoms with Gasteiger partial charge < -0.3 is 10.1 Å². The second-order valence-electron chi connectivity index (χ2n) is 6.02. The second-order valence-corrected chi connectivity index (χ2v) is 8.22. The van der Waals surface area contributed by atoms with Crippen LogP contribution in [-0.4, -0.2) is 23.8 Å². The number of rotatable bonds is 7. The molecule has 1 aromatic heterocycles. The molecule has 0 saturated heterocycles. The van der Waals surface area contributed by atoms with Crippen molar-refractivity contribution in [2.24, 2.45) is 0 Å². The quantitative estimate of drug-likeness (QED) is 0.540. The van der Waals surface area contributed by atoms with Gasteiger partial charge in [0.25, 0.3) is 0 Å². The van der Waals surface area contributed by atoms with Gasteiger partial charge in [-0.3, -0.25) is 4.79 Å². The zero-order valence-electron chi connectivity index (χ0n) is 15.6. The first-order chi connectivity index (χ1) is 13.1. The summed E-state index contributed by atoms with van der Waals surface area (Å²) in [4.78, 5) is 18.1. The summed E-state index contributed by atoms with van der Waals surface area (Å²) < 4.78 is 5.29. The number of hydrogen-bond donors (Lipinski definition) is 1. The molecule has 3 rings (SSSR count). The van der Waals surface area contributed by atoms with Crippen LogP contribution >= 0.6 is 23.1 Å². The number of anilines is 1. The van der Waals surface area contributed by atoms with Crippen molar-refractivity contribution in [3.63, 3.8) is 0 Å². The Balaban J connectivity index is 1.63. The van der Waals surface area contributed by atoms with E-state index in [-0.39, 0.29) is 5.91 Å². The highest BCUT2D eigenvalue weighted by molar-refractivity contribution is 7.99. The largest absolute Gasteiger partial charge is 0.496 e. The highest BCUT2D eigenvalue weighted by Gasteiger charge is 2.10. The van der Waals surface area contributed by atoms with Crippen molar-refractivity contribution in [3.05, 3.63) is 59.0 Å². The van der Waals surface area contributed by atoms with Crippen molar-refractivity contribution in [2.75, 3.05) is 18.2 Å². The van der Waals surface area contributed by atoms with Crippen LogP contribution in [0.15, 0.2) is 52.7 Å². The number of hydrogen-bond acceptors (Lipinski definition) is 5. The van der Waals surface area contributed by atoms with Gasteiger partial charge in [0.2, 0.25) is 5.91 Å². The molecule has 0 unspecified atom stereocenters. The van der Waals surface area contributed by atoms with E-state index in [9.17, 15) is 4.79 Å². The third kappa shape index (κ3) is 5.11. The summed E-state index contributed by atoms with van der Waals surface area (Å²) in [5.41, 5.74) is 3.91. The van der Waals surface area contributed by atoms with Gasteiger partial charge in [-0.15, -0.1) is 23.1 Å². The molecule has 4 nitrogen and oxygen atoms in total. The van der Waals surface area contributed by atoms with Crippen LogP contribution in [0.4, 0.5) is 5.13 Å². The van der Waals surface area contributed by atoms with Crippen molar-refractivity contribution >= 4 is 34.1 Å². The molecule has 0 aliphatic rings. The van der Waals surface area contributed by atoms with Crippen molar-refractivity contribution in [1.82, 2.24) is 4.98 Å². The number of nitrogens with zero attached hydrogens (tertiary/aromatic N) is 1. The van der Waals surface area contributed by atoms with Crippen LogP contribution < -0.4 is 10.1 Å². The van der Waals surface area contributed by atoms with Gasteiger partial charge in [-0.05, 0) is 54.1 Å². The summed E-state index contributed by atoms with van der Waals surface area (Å²) >= 11 is 3.22. The van der Waals surface area contributed by atoms with Gasteiger partial charge in [0.15, 0.2) is 5.13 Å². The Hall–Kier alpha value is -2.31. The highest BCUT2D eigenvalue weighted by Crippen LogP contribution is 2.29. The second kappa shape index (κ2) is 9.06. The molecule has 140 valence electrons. The molecule has 1 N–H and O–H groups in total. The lowest BCUT2D eigenvalue weighted by atomic mass is 10.1. The van der Waals surface area contributed by atoms with Crippen LogP contribution in [0.3, 0.4) is 0 Å². The first kappa shape index (κ1) is 19.5. The Morgan fingerprint density at radius 2 is 2.00 bits per heavy atom. The van der Waals surface area contributed by atoms with E-state index in [2.05, 4.69) is 29.4 Å². The molecule has 0 fully saturated rings. The maximum absolute atomic E-state index is 12.3. The van der Waals surface area contributed by atoms with E-state index in [4.69, 9.17) is 4.74 Å². The van der Waals surface area contributed by atoms with E-state index in [1.807, 2.05) is 42.6 Å². The zero-order chi connectivity index (χ0) is 19.2. The van der Waals surface area contributed by atoms with E-state index in [1.165, 1.54) is 16.2 Å². The molecule has 3 aromatic rings. The van der Waals surface area contributed by atoms with Crippen LogP contribution in [0.25, 0.3) is 11.3 Å². The number of thioether (sulfide) groups is 1. The number of carbonyl (C=O) groups excluding carboxylic acids is 1. The molecule has 1 heterocycles. The van der Waals surface area contributed by atoms with E-state index in [0.717, 1.165) is 33.9 Å². The van der Waals surface area contributed by atoms with Crippen LogP contribution in [0.5, 0.6) is 5.75 Å². The van der Waals surface area contributed by atoms with Crippen LogP contribution in [0.1, 0.15) is 18.1 Å². The number of nitrogens with one attached hydrogen (secondary N) is 1. The molecular formula is C21H22N2O2S2. The Morgan fingerprint density at radius 3 is 2.67 bits per heavy atom. The number of methoxy groups -OCH3 is 1. The molecule has 0 aliphatic heterocycles. The predicted molar refractivity (Wildman–Crippen MR) is 114 cm³/mol. The van der Waals surface area contributed by atoms with Crippen LogP contribution in [0, 0.1) is 6.92 Å². The Labute approximate surface area is 168 Å². The molecule has 0 radical (unpaired) electrons. The molecule has 0 bridgehead atoms. The lowest BCUT2D eigenvalue weighted by Crippen LogP contribution is -2.14. The third-order valence-corrected chi connectivity index (χ3v) is 5.69. The summed E-state index contributed by atoms with van der Waals surface area (Å²) in [5, 5.41) is 5.46. The topological polar surface area (TPSA) is 51.2 Å². The number of carbonyl (C=O) groups is 1. The van der Waals surface area contributed by atoms with E-state index in [1.54, 1.807) is 18.9 Å². The maximum Gasteiger partial charge on any atom is 0.230 e. The smallest absolute Gasteiger partial charge is 0.230 e. The van der Waals surface area contributed by atoms with Gasteiger partial charge in [0.05, 0.1) is 19.2 Å². The van der Waals surface area contributed by atoms with Crippen molar-refractivity contribution in [2.45, 2.75) is 25.2 Å². The molecule has 0 spiro atoms. The number of ether oxygens (including phenoxy) is 1. The molecule has 0 atom stereocenters. The minimum Gasteiger partial charge on any atom is -0.496 e. The first-order valence-corrected chi connectivity index (χ1v) is 10.6. The third-order valence-electron chi connectivity index (χ3n) is 4.04. The lowest BCUT2D eigenvalue weighted by Gasteiger charge is -2.06.